The second-order valence-corrected chi connectivity index (χ2v) is 7.65. The topological polar surface area (TPSA) is 104 Å². The van der Waals surface area contributed by atoms with Crippen molar-refractivity contribution in [2.45, 2.75) is 19.9 Å². The second-order valence-electron chi connectivity index (χ2n) is 7.65. The van der Waals surface area contributed by atoms with E-state index in [1.807, 2.05) is 44.2 Å². The SMILES string of the molecule is CCN(CC)CCN1C(=O)C(O)=C(C(=O)/C=C/c2ccccc2)[C@H]1c1cccc([N+](=O)[O-])c1. The Morgan fingerprint density at radius 2 is 1.85 bits per heavy atom. The molecule has 2 aromatic rings. The fourth-order valence-electron chi connectivity index (χ4n) is 3.91. The van der Waals surface area contributed by atoms with E-state index in [0.29, 0.717) is 12.1 Å². The third-order valence-electron chi connectivity index (χ3n) is 5.74. The number of allylic oxidation sites excluding steroid dienone is 1. The molecule has 1 N–H and O–H groups in total. The normalized spacial score (nSPS) is 16.3. The maximum atomic E-state index is 13.1. The molecule has 2 aromatic carbocycles. The number of aliphatic hydroxyl groups is 1. The molecule has 8 nitrogen and oxygen atoms in total. The highest BCUT2D eigenvalue weighted by Crippen LogP contribution is 2.38. The molecule has 0 aromatic heterocycles. The van der Waals surface area contributed by atoms with Gasteiger partial charge in [-0.1, -0.05) is 62.4 Å². The minimum Gasteiger partial charge on any atom is -0.503 e. The zero-order chi connectivity index (χ0) is 24.0. The number of nitrogens with zero attached hydrogens (tertiary/aromatic N) is 3. The third-order valence-corrected chi connectivity index (χ3v) is 5.74. The lowest BCUT2D eigenvalue weighted by molar-refractivity contribution is -0.384. The minimum absolute atomic E-state index is 0.0766. The van der Waals surface area contributed by atoms with Gasteiger partial charge in [0, 0.05) is 25.2 Å². The van der Waals surface area contributed by atoms with Crippen molar-refractivity contribution in [3.05, 3.63) is 93.2 Å². The average molecular weight is 450 g/mol. The predicted octanol–water partition coefficient (Wildman–Crippen LogP) is 3.91. The van der Waals surface area contributed by atoms with Crippen LogP contribution in [0.2, 0.25) is 0 Å². The Labute approximate surface area is 192 Å². The number of carbonyl (C=O) groups is 2. The largest absolute Gasteiger partial charge is 0.503 e. The van der Waals surface area contributed by atoms with Crippen molar-refractivity contribution in [2.75, 3.05) is 26.2 Å². The summed E-state index contributed by atoms with van der Waals surface area (Å²) in [5.74, 6) is -1.80. The molecule has 1 aliphatic heterocycles. The summed E-state index contributed by atoms with van der Waals surface area (Å²) in [5.41, 5.74) is 0.965. The van der Waals surface area contributed by atoms with Crippen LogP contribution in [0.25, 0.3) is 6.08 Å². The number of rotatable bonds is 10. The van der Waals surface area contributed by atoms with E-state index in [2.05, 4.69) is 4.90 Å². The molecule has 0 unspecified atom stereocenters. The van der Waals surface area contributed by atoms with Crippen LogP contribution in [0.4, 0.5) is 5.69 Å². The molecule has 0 aliphatic carbocycles. The molecule has 0 saturated heterocycles. The molecular weight excluding hydrogens is 422 g/mol. The van der Waals surface area contributed by atoms with E-state index in [1.165, 1.54) is 29.2 Å². The summed E-state index contributed by atoms with van der Waals surface area (Å²) in [5, 5.41) is 22.0. The summed E-state index contributed by atoms with van der Waals surface area (Å²) in [6.07, 6.45) is 2.92. The van der Waals surface area contributed by atoms with Crippen molar-refractivity contribution in [1.29, 1.82) is 0 Å². The number of hydrogen-bond acceptors (Lipinski definition) is 6. The van der Waals surface area contributed by atoms with Crippen molar-refractivity contribution in [2.24, 2.45) is 0 Å². The fraction of sp³-hybridized carbons (Fsp3) is 0.280. The van der Waals surface area contributed by atoms with Crippen LogP contribution in [-0.4, -0.2) is 57.7 Å². The third kappa shape index (κ3) is 5.35. The van der Waals surface area contributed by atoms with Gasteiger partial charge in [0.25, 0.3) is 11.6 Å². The molecule has 1 aliphatic rings. The molecule has 1 amide bonds. The van der Waals surface area contributed by atoms with Crippen molar-refractivity contribution in [3.8, 4) is 0 Å². The summed E-state index contributed by atoms with van der Waals surface area (Å²) >= 11 is 0. The quantitative estimate of drug-likeness (QED) is 0.335. The lowest BCUT2D eigenvalue weighted by Gasteiger charge is -2.29. The molecule has 1 atom stereocenters. The maximum Gasteiger partial charge on any atom is 0.290 e. The molecule has 0 spiro atoms. The first-order valence-electron chi connectivity index (χ1n) is 10.9. The molecule has 0 saturated carbocycles. The van der Waals surface area contributed by atoms with Gasteiger partial charge in [-0.2, -0.15) is 0 Å². The molecular formula is C25H27N3O5. The van der Waals surface area contributed by atoms with Crippen LogP contribution >= 0.6 is 0 Å². The van der Waals surface area contributed by atoms with Gasteiger partial charge in [0.05, 0.1) is 16.5 Å². The van der Waals surface area contributed by atoms with E-state index in [0.717, 1.165) is 18.7 Å². The van der Waals surface area contributed by atoms with Crippen LogP contribution in [0.3, 0.4) is 0 Å². The Bertz CT molecular complexity index is 1090. The molecule has 0 bridgehead atoms. The molecule has 33 heavy (non-hydrogen) atoms. The van der Waals surface area contributed by atoms with E-state index in [-0.39, 0.29) is 17.8 Å². The van der Waals surface area contributed by atoms with Gasteiger partial charge >= 0.3 is 0 Å². The number of nitro benzene ring substituents is 1. The van der Waals surface area contributed by atoms with E-state index in [1.54, 1.807) is 12.1 Å². The first-order valence-corrected chi connectivity index (χ1v) is 10.9. The monoisotopic (exact) mass is 449 g/mol. The zero-order valence-corrected chi connectivity index (χ0v) is 18.7. The van der Waals surface area contributed by atoms with Gasteiger partial charge in [-0.05, 0) is 30.3 Å². The van der Waals surface area contributed by atoms with Gasteiger partial charge < -0.3 is 14.9 Å². The summed E-state index contributed by atoms with van der Waals surface area (Å²) in [7, 11) is 0. The van der Waals surface area contributed by atoms with Crippen molar-refractivity contribution in [1.82, 2.24) is 9.80 Å². The number of ketones is 1. The Hall–Kier alpha value is -3.78. The highest BCUT2D eigenvalue weighted by Gasteiger charge is 2.43. The summed E-state index contributed by atoms with van der Waals surface area (Å²) < 4.78 is 0. The van der Waals surface area contributed by atoms with Crippen molar-refractivity contribution < 1.29 is 19.6 Å². The first-order chi connectivity index (χ1) is 15.9. The number of nitro groups is 1. The Balaban J connectivity index is 2.00. The van der Waals surface area contributed by atoms with Gasteiger partial charge in [0.1, 0.15) is 0 Å². The highest BCUT2D eigenvalue weighted by atomic mass is 16.6. The molecule has 0 radical (unpaired) electrons. The standard InChI is InChI=1S/C25H27N3O5/c1-3-26(4-2)15-16-27-23(19-11-8-12-20(17-19)28(32)33)22(24(30)25(27)31)21(29)14-13-18-9-6-5-7-10-18/h5-14,17,23,30H,3-4,15-16H2,1-2H3/b14-13+/t23-/m1/s1. The molecule has 1 heterocycles. The number of benzene rings is 2. The molecule has 0 fully saturated rings. The van der Waals surface area contributed by atoms with Gasteiger partial charge in [-0.25, -0.2) is 0 Å². The number of carbonyl (C=O) groups excluding carboxylic acids is 2. The zero-order valence-electron chi connectivity index (χ0n) is 18.7. The minimum atomic E-state index is -0.916. The Kier molecular flexibility index (Phi) is 7.74. The number of amides is 1. The first kappa shape index (κ1) is 23.9. The highest BCUT2D eigenvalue weighted by molar-refractivity contribution is 6.14. The van der Waals surface area contributed by atoms with Crippen LogP contribution in [0.5, 0.6) is 0 Å². The summed E-state index contributed by atoms with van der Waals surface area (Å²) in [6, 6.07) is 14.1. The fourth-order valence-corrected chi connectivity index (χ4v) is 3.91. The Morgan fingerprint density at radius 3 is 2.48 bits per heavy atom. The molecule has 8 heteroatoms. The maximum absolute atomic E-state index is 13.1. The number of likely N-dealkylation sites (N-methyl/N-ethyl adjacent to an activating group) is 1. The van der Waals surface area contributed by atoms with Crippen LogP contribution < -0.4 is 0 Å². The van der Waals surface area contributed by atoms with Crippen LogP contribution in [0, 0.1) is 10.1 Å². The van der Waals surface area contributed by atoms with Gasteiger partial charge in [0.2, 0.25) is 0 Å². The van der Waals surface area contributed by atoms with Crippen LogP contribution in [0.1, 0.15) is 31.0 Å². The molecule has 3 rings (SSSR count). The van der Waals surface area contributed by atoms with E-state index >= 15 is 0 Å². The average Bonchev–Trinajstić information content (AvgIpc) is 3.09. The van der Waals surface area contributed by atoms with Crippen molar-refractivity contribution in [3.63, 3.8) is 0 Å². The predicted molar refractivity (Wildman–Crippen MR) is 125 cm³/mol. The Morgan fingerprint density at radius 1 is 1.15 bits per heavy atom. The van der Waals surface area contributed by atoms with E-state index in [9.17, 15) is 24.8 Å². The lowest BCUT2D eigenvalue weighted by Crippen LogP contribution is -2.38. The number of hydrogen-bond donors (Lipinski definition) is 1. The lowest BCUT2D eigenvalue weighted by atomic mass is 9.95. The van der Waals surface area contributed by atoms with Crippen LogP contribution in [0.15, 0.2) is 72.0 Å². The van der Waals surface area contributed by atoms with E-state index < -0.39 is 28.4 Å². The van der Waals surface area contributed by atoms with Crippen LogP contribution in [-0.2, 0) is 9.59 Å². The summed E-state index contributed by atoms with van der Waals surface area (Å²) in [4.78, 5) is 40.4. The second kappa shape index (κ2) is 10.7. The van der Waals surface area contributed by atoms with Crippen molar-refractivity contribution >= 4 is 23.5 Å². The van der Waals surface area contributed by atoms with Gasteiger partial charge in [0.15, 0.2) is 11.5 Å². The number of non-ortho nitro benzene ring substituents is 1. The van der Waals surface area contributed by atoms with E-state index in [4.69, 9.17) is 0 Å². The summed E-state index contributed by atoms with van der Waals surface area (Å²) in [6.45, 7) is 6.38. The number of aliphatic hydroxyl groups excluding tert-OH is 1. The molecule has 172 valence electrons. The smallest absolute Gasteiger partial charge is 0.290 e. The van der Waals surface area contributed by atoms with Gasteiger partial charge in [-0.15, -0.1) is 0 Å². The van der Waals surface area contributed by atoms with Gasteiger partial charge in [-0.3, -0.25) is 19.7 Å².